The molecule has 1 saturated heterocycles. The van der Waals surface area contributed by atoms with Gasteiger partial charge < -0.3 is 19.5 Å². The topological polar surface area (TPSA) is 92.4 Å². The molecular formula is C21H27N5O4S. The highest BCUT2D eigenvalue weighted by molar-refractivity contribution is 7.17. The van der Waals surface area contributed by atoms with Gasteiger partial charge >= 0.3 is 6.09 Å². The molecule has 31 heavy (non-hydrogen) atoms. The quantitative estimate of drug-likeness (QED) is 0.623. The largest absolute Gasteiger partial charge is 0.494 e. The molecule has 2 aromatic heterocycles. The minimum Gasteiger partial charge on any atom is -0.494 e. The number of fused-ring (bicyclic) bond motifs is 1. The van der Waals surface area contributed by atoms with Gasteiger partial charge in [0, 0.05) is 26.2 Å². The van der Waals surface area contributed by atoms with Crippen molar-refractivity contribution in [1.29, 1.82) is 0 Å². The van der Waals surface area contributed by atoms with Gasteiger partial charge in [-0.1, -0.05) is 23.5 Å². The Morgan fingerprint density at radius 1 is 1.16 bits per heavy atom. The van der Waals surface area contributed by atoms with Gasteiger partial charge in [0.15, 0.2) is 0 Å². The van der Waals surface area contributed by atoms with E-state index in [1.54, 1.807) is 11.8 Å². The Bertz CT molecular complexity index is 1040. The van der Waals surface area contributed by atoms with E-state index < -0.39 is 0 Å². The predicted octanol–water partition coefficient (Wildman–Crippen LogP) is 3.07. The van der Waals surface area contributed by atoms with E-state index in [1.165, 1.54) is 15.9 Å². The van der Waals surface area contributed by atoms with Crippen molar-refractivity contribution in [2.24, 2.45) is 0 Å². The Labute approximate surface area is 184 Å². The summed E-state index contributed by atoms with van der Waals surface area (Å²) in [4.78, 5) is 21.9. The molecule has 1 amide bonds. The highest BCUT2D eigenvalue weighted by atomic mass is 32.1. The van der Waals surface area contributed by atoms with Gasteiger partial charge in [0.05, 0.1) is 24.1 Å². The van der Waals surface area contributed by atoms with Crippen LogP contribution in [0.1, 0.15) is 36.2 Å². The van der Waals surface area contributed by atoms with Crippen LogP contribution in [0.2, 0.25) is 0 Å². The number of carbonyl (C=O) groups is 1. The molecule has 0 unspecified atom stereocenters. The average molecular weight is 446 g/mol. The number of hydrogen-bond donors (Lipinski definition) is 1. The fourth-order valence-electron chi connectivity index (χ4n) is 3.84. The van der Waals surface area contributed by atoms with Crippen LogP contribution in [0.3, 0.4) is 0 Å². The summed E-state index contributed by atoms with van der Waals surface area (Å²) < 4.78 is 12.2. The molecule has 9 nitrogen and oxygen atoms in total. The van der Waals surface area contributed by atoms with Crippen LogP contribution in [0, 0.1) is 6.92 Å². The van der Waals surface area contributed by atoms with Crippen LogP contribution >= 0.6 is 11.3 Å². The molecule has 0 aliphatic carbocycles. The molecule has 0 bridgehead atoms. The van der Waals surface area contributed by atoms with Crippen molar-refractivity contribution in [3.8, 4) is 11.6 Å². The standard InChI is InChI=1S/C21H27N5O4S/c1-4-29-16-8-6-15(7-9-16)17(18-19(27)26-20(31-18)22-14(3)23-26)24-10-12-25(13-11-24)21(28)30-5-2/h6-9,17,27H,4-5,10-13H2,1-3H3/t17-/m1/s1. The highest BCUT2D eigenvalue weighted by Crippen LogP contribution is 2.40. The Morgan fingerprint density at radius 2 is 1.87 bits per heavy atom. The van der Waals surface area contributed by atoms with E-state index in [0.717, 1.165) is 16.2 Å². The fraction of sp³-hybridized carbons (Fsp3) is 0.476. The van der Waals surface area contributed by atoms with E-state index in [9.17, 15) is 9.90 Å². The molecule has 1 fully saturated rings. The van der Waals surface area contributed by atoms with Crippen LogP contribution < -0.4 is 4.74 Å². The molecule has 1 aliphatic rings. The number of aromatic nitrogens is 3. The first-order valence-electron chi connectivity index (χ1n) is 10.4. The zero-order valence-corrected chi connectivity index (χ0v) is 18.8. The zero-order chi connectivity index (χ0) is 22.0. The SMILES string of the molecule is CCOC(=O)N1CCN([C@H](c2ccc(OCC)cc2)c2sc3nc(C)nn3c2O)CC1. The Kier molecular flexibility index (Phi) is 6.28. The second-order valence-corrected chi connectivity index (χ2v) is 8.28. The third-order valence-electron chi connectivity index (χ3n) is 5.27. The molecule has 3 aromatic rings. The van der Waals surface area contributed by atoms with E-state index in [2.05, 4.69) is 15.0 Å². The summed E-state index contributed by atoms with van der Waals surface area (Å²) >= 11 is 1.43. The van der Waals surface area contributed by atoms with Crippen molar-refractivity contribution in [2.45, 2.75) is 26.8 Å². The lowest BCUT2D eigenvalue weighted by molar-refractivity contribution is 0.0715. The molecule has 1 N–H and O–H groups in total. The van der Waals surface area contributed by atoms with Gasteiger partial charge in [-0.05, 0) is 38.5 Å². The van der Waals surface area contributed by atoms with Crippen molar-refractivity contribution in [2.75, 3.05) is 39.4 Å². The van der Waals surface area contributed by atoms with E-state index in [0.29, 0.717) is 50.2 Å². The van der Waals surface area contributed by atoms with E-state index in [-0.39, 0.29) is 18.0 Å². The number of piperazine rings is 1. The Hall–Kier alpha value is -2.85. The normalized spacial score (nSPS) is 15.9. The summed E-state index contributed by atoms with van der Waals surface area (Å²) in [5.74, 6) is 1.53. The van der Waals surface area contributed by atoms with Crippen LogP contribution in [-0.4, -0.2) is 75.0 Å². The summed E-state index contributed by atoms with van der Waals surface area (Å²) in [6, 6.07) is 7.74. The van der Waals surface area contributed by atoms with Crippen molar-refractivity contribution < 1.29 is 19.4 Å². The lowest BCUT2D eigenvalue weighted by Gasteiger charge is -2.38. The molecule has 0 radical (unpaired) electrons. The number of thiazole rings is 1. The van der Waals surface area contributed by atoms with Gasteiger partial charge in [-0.2, -0.15) is 4.52 Å². The molecular weight excluding hydrogens is 418 g/mol. The molecule has 1 aliphatic heterocycles. The van der Waals surface area contributed by atoms with Gasteiger partial charge in [0.25, 0.3) is 0 Å². The third kappa shape index (κ3) is 4.31. The second-order valence-electron chi connectivity index (χ2n) is 7.27. The first-order chi connectivity index (χ1) is 15.0. The van der Waals surface area contributed by atoms with Crippen molar-refractivity contribution >= 4 is 22.4 Å². The van der Waals surface area contributed by atoms with E-state index >= 15 is 0 Å². The van der Waals surface area contributed by atoms with E-state index in [1.807, 2.05) is 38.1 Å². The van der Waals surface area contributed by atoms with Crippen molar-refractivity contribution in [1.82, 2.24) is 24.4 Å². The number of amides is 1. The molecule has 166 valence electrons. The number of hydrogen-bond acceptors (Lipinski definition) is 8. The Morgan fingerprint density at radius 3 is 2.48 bits per heavy atom. The van der Waals surface area contributed by atoms with Crippen LogP contribution in [0.15, 0.2) is 24.3 Å². The number of benzene rings is 1. The number of rotatable bonds is 6. The van der Waals surface area contributed by atoms with Crippen LogP contribution in [0.5, 0.6) is 11.6 Å². The van der Waals surface area contributed by atoms with Gasteiger partial charge in [0.1, 0.15) is 11.6 Å². The number of ether oxygens (including phenoxy) is 2. The smallest absolute Gasteiger partial charge is 0.409 e. The minimum absolute atomic E-state index is 0.104. The minimum atomic E-state index is -0.281. The lowest BCUT2D eigenvalue weighted by atomic mass is 10.0. The molecule has 4 rings (SSSR count). The van der Waals surface area contributed by atoms with Crippen molar-refractivity contribution in [3.05, 3.63) is 40.5 Å². The number of aryl methyl sites for hydroxylation is 1. The van der Waals surface area contributed by atoms with Gasteiger partial charge in [-0.15, -0.1) is 5.10 Å². The molecule has 0 saturated carbocycles. The number of nitrogens with zero attached hydrogens (tertiary/aromatic N) is 5. The summed E-state index contributed by atoms with van der Waals surface area (Å²) in [5, 5.41) is 15.3. The zero-order valence-electron chi connectivity index (χ0n) is 17.9. The summed E-state index contributed by atoms with van der Waals surface area (Å²) in [5.41, 5.74) is 1.03. The fourth-order valence-corrected chi connectivity index (χ4v) is 5.01. The molecule has 1 atom stereocenters. The second kappa shape index (κ2) is 9.11. The van der Waals surface area contributed by atoms with Crippen molar-refractivity contribution in [3.63, 3.8) is 0 Å². The maximum Gasteiger partial charge on any atom is 0.409 e. The highest BCUT2D eigenvalue weighted by Gasteiger charge is 2.33. The monoisotopic (exact) mass is 445 g/mol. The average Bonchev–Trinajstić information content (AvgIpc) is 3.27. The third-order valence-corrected chi connectivity index (χ3v) is 6.34. The first kappa shape index (κ1) is 21.4. The predicted molar refractivity (Wildman–Crippen MR) is 117 cm³/mol. The molecule has 1 aromatic carbocycles. The first-order valence-corrected chi connectivity index (χ1v) is 11.3. The Balaban J connectivity index is 1.65. The number of aromatic hydroxyl groups is 1. The van der Waals surface area contributed by atoms with E-state index in [4.69, 9.17) is 9.47 Å². The molecule has 3 heterocycles. The van der Waals surface area contributed by atoms with Gasteiger partial charge in [0.2, 0.25) is 10.8 Å². The maximum absolute atomic E-state index is 12.1. The summed E-state index contributed by atoms with van der Waals surface area (Å²) in [6.07, 6.45) is -0.281. The maximum atomic E-state index is 12.1. The van der Waals surface area contributed by atoms with Gasteiger partial charge in [-0.3, -0.25) is 4.90 Å². The van der Waals surface area contributed by atoms with Crippen LogP contribution in [-0.2, 0) is 4.74 Å². The van der Waals surface area contributed by atoms with Crippen LogP contribution in [0.25, 0.3) is 4.96 Å². The van der Waals surface area contributed by atoms with Crippen LogP contribution in [0.4, 0.5) is 4.79 Å². The lowest BCUT2D eigenvalue weighted by Crippen LogP contribution is -2.49. The summed E-state index contributed by atoms with van der Waals surface area (Å²) in [7, 11) is 0. The van der Waals surface area contributed by atoms with Gasteiger partial charge in [-0.25, -0.2) is 9.78 Å². The molecule has 10 heteroatoms. The summed E-state index contributed by atoms with van der Waals surface area (Å²) in [6.45, 7) is 8.97. The number of carbonyl (C=O) groups excluding carboxylic acids is 1. The molecule has 0 spiro atoms.